The van der Waals surface area contributed by atoms with E-state index in [1.165, 1.54) is 43.0 Å². The molecule has 0 aromatic heterocycles. The number of hydrogen-bond acceptors (Lipinski definition) is 4. The van der Waals surface area contributed by atoms with E-state index in [0.29, 0.717) is 5.75 Å². The summed E-state index contributed by atoms with van der Waals surface area (Å²) in [5.41, 5.74) is 4.51. The Morgan fingerprint density at radius 3 is 2.53 bits per heavy atom. The highest BCUT2D eigenvalue weighted by Crippen LogP contribution is 2.12. The fraction of sp³-hybridized carbons (Fsp3) is 0.333. The normalized spacial score (nSPS) is 11.5. The highest BCUT2D eigenvalue weighted by atomic mass is 32.2. The summed E-state index contributed by atoms with van der Waals surface area (Å²) in [5.74, 6) is -0.533. The quantitative estimate of drug-likeness (QED) is 0.796. The topological polar surface area (TPSA) is 67.4 Å². The fourth-order valence-corrected chi connectivity index (χ4v) is 1.51. The SMILES string of the molecule is CSCC(=O)NNC(=O)[C@H](C)Oc1ccc(F)cc1. The van der Waals surface area contributed by atoms with Crippen molar-refractivity contribution in [2.45, 2.75) is 13.0 Å². The molecular weight excluding hydrogens is 271 g/mol. The van der Waals surface area contributed by atoms with Gasteiger partial charge in [0.05, 0.1) is 5.75 Å². The Hall–Kier alpha value is -1.76. The van der Waals surface area contributed by atoms with E-state index in [-0.39, 0.29) is 17.5 Å². The number of halogens is 1. The maximum Gasteiger partial charge on any atom is 0.279 e. The van der Waals surface area contributed by atoms with Crippen molar-refractivity contribution in [2.24, 2.45) is 0 Å². The lowest BCUT2D eigenvalue weighted by atomic mass is 10.3. The number of amides is 2. The molecule has 0 radical (unpaired) electrons. The van der Waals surface area contributed by atoms with Crippen molar-refractivity contribution in [1.82, 2.24) is 10.9 Å². The number of rotatable bonds is 5. The molecule has 1 atom stereocenters. The molecule has 1 rings (SSSR count). The van der Waals surface area contributed by atoms with Gasteiger partial charge in [-0.3, -0.25) is 20.4 Å². The molecule has 0 unspecified atom stereocenters. The van der Waals surface area contributed by atoms with Crippen LogP contribution in [0.3, 0.4) is 0 Å². The van der Waals surface area contributed by atoms with Crippen molar-refractivity contribution in [3.05, 3.63) is 30.1 Å². The molecule has 0 aliphatic carbocycles. The minimum absolute atomic E-state index is 0.257. The molecule has 0 spiro atoms. The Bertz CT molecular complexity index is 439. The van der Waals surface area contributed by atoms with Gasteiger partial charge in [-0.2, -0.15) is 11.8 Å². The highest BCUT2D eigenvalue weighted by Gasteiger charge is 2.15. The molecule has 19 heavy (non-hydrogen) atoms. The zero-order chi connectivity index (χ0) is 14.3. The molecule has 104 valence electrons. The van der Waals surface area contributed by atoms with Crippen LogP contribution in [0.2, 0.25) is 0 Å². The first kappa shape index (κ1) is 15.3. The Morgan fingerprint density at radius 1 is 1.32 bits per heavy atom. The van der Waals surface area contributed by atoms with Crippen molar-refractivity contribution >= 4 is 23.6 Å². The minimum Gasteiger partial charge on any atom is -0.481 e. The van der Waals surface area contributed by atoms with Crippen molar-refractivity contribution in [3.63, 3.8) is 0 Å². The van der Waals surface area contributed by atoms with Gasteiger partial charge >= 0.3 is 0 Å². The van der Waals surface area contributed by atoms with Gasteiger partial charge in [-0.1, -0.05) is 0 Å². The standard InChI is InChI=1S/C12H15FN2O3S/c1-8(12(17)15-14-11(16)7-19-2)18-10-5-3-9(13)4-6-10/h3-6,8H,7H2,1-2H3,(H,14,16)(H,15,17)/t8-/m0/s1. The van der Waals surface area contributed by atoms with Crippen LogP contribution in [0.25, 0.3) is 0 Å². The molecule has 0 aliphatic heterocycles. The van der Waals surface area contributed by atoms with Gasteiger partial charge < -0.3 is 4.74 Å². The number of ether oxygens (including phenoxy) is 1. The third-order valence-electron chi connectivity index (χ3n) is 2.10. The van der Waals surface area contributed by atoms with Crippen LogP contribution in [0.4, 0.5) is 4.39 Å². The van der Waals surface area contributed by atoms with Crippen LogP contribution in [0.15, 0.2) is 24.3 Å². The largest absolute Gasteiger partial charge is 0.481 e. The Labute approximate surface area is 114 Å². The van der Waals surface area contributed by atoms with Gasteiger partial charge in [0.15, 0.2) is 6.10 Å². The van der Waals surface area contributed by atoms with Crippen molar-refractivity contribution < 1.29 is 18.7 Å². The van der Waals surface area contributed by atoms with E-state index < -0.39 is 12.0 Å². The van der Waals surface area contributed by atoms with Gasteiger partial charge in [-0.25, -0.2) is 4.39 Å². The zero-order valence-corrected chi connectivity index (χ0v) is 11.4. The Balaban J connectivity index is 2.40. The molecule has 7 heteroatoms. The first-order valence-corrected chi connectivity index (χ1v) is 6.92. The Morgan fingerprint density at radius 2 is 1.95 bits per heavy atom. The van der Waals surface area contributed by atoms with E-state index in [9.17, 15) is 14.0 Å². The lowest BCUT2D eigenvalue weighted by Crippen LogP contribution is -2.47. The van der Waals surface area contributed by atoms with Gasteiger partial charge in [-0.05, 0) is 37.4 Å². The molecule has 2 amide bonds. The minimum atomic E-state index is -0.806. The third kappa shape index (κ3) is 5.60. The smallest absolute Gasteiger partial charge is 0.279 e. The first-order valence-electron chi connectivity index (χ1n) is 5.52. The van der Waals surface area contributed by atoms with E-state index in [1.54, 1.807) is 6.26 Å². The highest BCUT2D eigenvalue weighted by molar-refractivity contribution is 7.99. The van der Waals surface area contributed by atoms with E-state index >= 15 is 0 Å². The van der Waals surface area contributed by atoms with Crippen molar-refractivity contribution in [1.29, 1.82) is 0 Å². The number of hydrazine groups is 1. The van der Waals surface area contributed by atoms with Crippen LogP contribution in [0.5, 0.6) is 5.75 Å². The first-order chi connectivity index (χ1) is 9.02. The monoisotopic (exact) mass is 286 g/mol. The average Bonchev–Trinajstić information content (AvgIpc) is 2.39. The van der Waals surface area contributed by atoms with Gasteiger partial charge in [0.2, 0.25) is 5.91 Å². The van der Waals surface area contributed by atoms with E-state index in [2.05, 4.69) is 10.9 Å². The number of hydrogen-bond donors (Lipinski definition) is 2. The van der Waals surface area contributed by atoms with Gasteiger partial charge in [0, 0.05) is 0 Å². The lowest BCUT2D eigenvalue weighted by molar-refractivity contribution is -0.131. The second kappa shape index (κ2) is 7.63. The second-order valence-corrected chi connectivity index (χ2v) is 4.55. The van der Waals surface area contributed by atoms with Crippen LogP contribution in [-0.4, -0.2) is 29.9 Å². The van der Waals surface area contributed by atoms with Crippen LogP contribution in [0.1, 0.15) is 6.92 Å². The van der Waals surface area contributed by atoms with Crippen LogP contribution >= 0.6 is 11.8 Å². The molecule has 0 fully saturated rings. The summed E-state index contributed by atoms with van der Waals surface area (Å²) in [6, 6.07) is 5.32. The van der Waals surface area contributed by atoms with Crippen LogP contribution in [-0.2, 0) is 9.59 Å². The number of benzene rings is 1. The summed E-state index contributed by atoms with van der Waals surface area (Å²) in [5, 5.41) is 0. The summed E-state index contributed by atoms with van der Waals surface area (Å²) in [6.45, 7) is 1.53. The van der Waals surface area contributed by atoms with Crippen LogP contribution < -0.4 is 15.6 Å². The van der Waals surface area contributed by atoms with E-state index in [0.717, 1.165) is 0 Å². The molecule has 0 saturated carbocycles. The molecular formula is C12H15FN2O3S. The van der Waals surface area contributed by atoms with Crippen molar-refractivity contribution in [3.8, 4) is 5.75 Å². The Kier molecular flexibility index (Phi) is 6.14. The van der Waals surface area contributed by atoms with Crippen LogP contribution in [0, 0.1) is 5.82 Å². The predicted molar refractivity (Wildman–Crippen MR) is 71.2 cm³/mol. The third-order valence-corrected chi connectivity index (χ3v) is 2.65. The summed E-state index contributed by atoms with van der Waals surface area (Å²) in [6.07, 6.45) is 0.974. The fourth-order valence-electron chi connectivity index (χ4n) is 1.17. The molecule has 0 saturated heterocycles. The van der Waals surface area contributed by atoms with Gasteiger partial charge in [-0.15, -0.1) is 0 Å². The summed E-state index contributed by atoms with van der Waals surface area (Å²) in [4.78, 5) is 22.7. The summed E-state index contributed by atoms with van der Waals surface area (Å²) in [7, 11) is 0. The molecule has 0 aliphatic rings. The summed E-state index contributed by atoms with van der Waals surface area (Å²) < 4.78 is 18.0. The maximum absolute atomic E-state index is 12.7. The lowest BCUT2D eigenvalue weighted by Gasteiger charge is -2.14. The number of nitrogens with one attached hydrogen (secondary N) is 2. The number of carbonyl (C=O) groups excluding carboxylic acids is 2. The van der Waals surface area contributed by atoms with Crippen molar-refractivity contribution in [2.75, 3.05) is 12.0 Å². The predicted octanol–water partition coefficient (Wildman–Crippen LogP) is 1.10. The van der Waals surface area contributed by atoms with Gasteiger partial charge in [0.25, 0.3) is 5.91 Å². The molecule has 5 nitrogen and oxygen atoms in total. The molecule has 0 heterocycles. The molecule has 1 aromatic carbocycles. The average molecular weight is 286 g/mol. The number of carbonyl (C=O) groups is 2. The molecule has 1 aromatic rings. The number of thioether (sulfide) groups is 1. The van der Waals surface area contributed by atoms with Gasteiger partial charge in [0.1, 0.15) is 11.6 Å². The van der Waals surface area contributed by atoms with E-state index in [1.807, 2.05) is 0 Å². The second-order valence-electron chi connectivity index (χ2n) is 3.68. The molecule has 0 bridgehead atoms. The van der Waals surface area contributed by atoms with E-state index in [4.69, 9.17) is 4.74 Å². The molecule has 2 N–H and O–H groups in total. The maximum atomic E-state index is 12.7. The summed E-state index contributed by atoms with van der Waals surface area (Å²) >= 11 is 1.34. The zero-order valence-electron chi connectivity index (χ0n) is 10.6.